The van der Waals surface area contributed by atoms with E-state index in [1.165, 1.54) is 76.1 Å². The summed E-state index contributed by atoms with van der Waals surface area (Å²) in [6.45, 7) is 9.70. The standard InChI is InChI=1S/2C23H21.C2H4.2ClH.Hf/c2*1-16(2)13-17-14-19-9-6-12-22(23(19)15-17)21-11-5-8-18-7-3-4-10-20(18)21;1-2;;;/h2*3-12,14-16H,13H2,1-2H3;1-2H2;2*1H;/q;;;;;+2/p-2. The summed E-state index contributed by atoms with van der Waals surface area (Å²) < 4.78 is 4.33. The van der Waals surface area contributed by atoms with Crippen LogP contribution in [0.25, 0.3) is 56.0 Å². The average molecular weight is 872 g/mol. The van der Waals surface area contributed by atoms with Crippen LogP contribution in [0.3, 0.4) is 0 Å². The average Bonchev–Trinajstić information content (AvgIpc) is 3.66. The molecule has 1 fully saturated rings. The van der Waals surface area contributed by atoms with Gasteiger partial charge in [0.1, 0.15) is 0 Å². The molecule has 0 spiro atoms. The first kappa shape index (κ1) is 36.1. The zero-order chi connectivity index (χ0) is 33.3. The molecule has 0 N–H and O–H groups in total. The van der Waals surface area contributed by atoms with E-state index in [4.69, 9.17) is 0 Å². The fourth-order valence-electron chi connectivity index (χ4n) is 9.86. The minimum Gasteiger partial charge on any atom is -1.00 e. The molecule has 0 aromatic heterocycles. The predicted molar refractivity (Wildman–Crippen MR) is 209 cm³/mol. The Morgan fingerprint density at radius 1 is 0.471 bits per heavy atom. The summed E-state index contributed by atoms with van der Waals surface area (Å²) in [7, 11) is 0. The van der Waals surface area contributed by atoms with Gasteiger partial charge in [0.25, 0.3) is 0 Å². The molecule has 3 heteroatoms. The molecule has 6 aromatic rings. The molecule has 2 unspecified atom stereocenters. The van der Waals surface area contributed by atoms with Crippen molar-refractivity contribution < 1.29 is 44.8 Å². The molecule has 1 aliphatic heterocycles. The monoisotopic (exact) mass is 872 g/mol. The molecule has 2 atom stereocenters. The quantitative estimate of drug-likeness (QED) is 0.136. The van der Waals surface area contributed by atoms with Crippen LogP contribution in [0.15, 0.2) is 132 Å². The van der Waals surface area contributed by atoms with Gasteiger partial charge in [-0.1, -0.05) is 0 Å². The first-order valence-corrected chi connectivity index (χ1v) is 27.8. The summed E-state index contributed by atoms with van der Waals surface area (Å²) in [6, 6.07) is 46.2. The van der Waals surface area contributed by atoms with E-state index in [1.807, 2.05) is 0 Å². The SMILES string of the molecule is CC(C)CC1=Cc2c(-c3cccc4ccccc34)cccc2[CH]1[Hf+2]1([CH]2C(CC(C)C)=Cc3c(-c4cccc5ccccc45)cccc32)[CH2][CH2]1.[Cl-].[Cl-]. The Labute approximate surface area is 321 Å². The maximum absolute atomic E-state index is 3.07. The van der Waals surface area contributed by atoms with E-state index in [9.17, 15) is 0 Å². The largest absolute Gasteiger partial charge is 1.00 e. The second-order valence-corrected chi connectivity index (χ2v) is 32.5. The molecule has 2 aliphatic carbocycles. The Kier molecular flexibility index (Phi) is 10.1. The van der Waals surface area contributed by atoms with Crippen molar-refractivity contribution in [2.24, 2.45) is 11.8 Å². The van der Waals surface area contributed by atoms with Gasteiger partial charge in [0, 0.05) is 0 Å². The van der Waals surface area contributed by atoms with Crippen LogP contribution in [0.2, 0.25) is 8.35 Å². The van der Waals surface area contributed by atoms with Gasteiger partial charge in [0.05, 0.1) is 0 Å². The summed E-state index contributed by atoms with van der Waals surface area (Å²) in [5.41, 5.74) is 15.4. The van der Waals surface area contributed by atoms with Crippen LogP contribution >= 0.6 is 0 Å². The van der Waals surface area contributed by atoms with Crippen LogP contribution in [0.1, 0.15) is 70.1 Å². The number of benzene rings is 6. The van der Waals surface area contributed by atoms with Crippen molar-refractivity contribution in [2.45, 2.75) is 56.2 Å². The van der Waals surface area contributed by atoms with Crippen molar-refractivity contribution >= 4 is 33.7 Å². The molecule has 3 aliphatic rings. The van der Waals surface area contributed by atoms with Crippen molar-refractivity contribution in [3.05, 3.63) is 155 Å². The molecule has 9 rings (SSSR count). The van der Waals surface area contributed by atoms with Crippen LogP contribution in [-0.4, -0.2) is 0 Å². The first-order chi connectivity index (χ1) is 23.9. The molecule has 1 saturated heterocycles. The van der Waals surface area contributed by atoms with Gasteiger partial charge in [-0.25, -0.2) is 0 Å². The van der Waals surface area contributed by atoms with E-state index in [-0.39, 0.29) is 24.8 Å². The topological polar surface area (TPSA) is 0 Å². The third-order valence-electron chi connectivity index (χ3n) is 11.7. The summed E-state index contributed by atoms with van der Waals surface area (Å²) >= 11 is -3.07. The molecule has 0 amide bonds. The van der Waals surface area contributed by atoms with Crippen LogP contribution in [0.5, 0.6) is 0 Å². The van der Waals surface area contributed by atoms with Crippen molar-refractivity contribution in [3.63, 3.8) is 0 Å². The molecule has 51 heavy (non-hydrogen) atoms. The fraction of sp³-hybridized carbons (Fsp3) is 0.250. The van der Waals surface area contributed by atoms with E-state index in [1.54, 1.807) is 22.3 Å². The van der Waals surface area contributed by atoms with E-state index >= 15 is 0 Å². The Bertz CT molecular complexity index is 2150. The molecule has 0 nitrogen and oxygen atoms in total. The zero-order valence-corrected chi connectivity index (χ0v) is 35.2. The minimum atomic E-state index is -3.07. The Morgan fingerprint density at radius 2 is 0.843 bits per heavy atom. The Morgan fingerprint density at radius 3 is 1.25 bits per heavy atom. The first-order valence-electron chi connectivity index (χ1n) is 18.6. The van der Waals surface area contributed by atoms with Gasteiger partial charge >= 0.3 is 299 Å². The van der Waals surface area contributed by atoms with Crippen LogP contribution < -0.4 is 24.8 Å². The summed E-state index contributed by atoms with van der Waals surface area (Å²) in [6.07, 6.45) is 7.78. The zero-order valence-electron chi connectivity index (χ0n) is 30.1. The molecule has 256 valence electrons. The van der Waals surface area contributed by atoms with Crippen molar-refractivity contribution in [1.29, 1.82) is 0 Å². The molecular formula is C48H46Cl2Hf. The van der Waals surface area contributed by atoms with E-state index in [0.717, 1.165) is 0 Å². The van der Waals surface area contributed by atoms with Crippen molar-refractivity contribution in [3.8, 4) is 22.3 Å². The predicted octanol–water partition coefficient (Wildman–Crippen LogP) is 8.01. The third-order valence-corrected chi connectivity index (χ3v) is 30.8. The number of fused-ring (bicyclic) bond motifs is 4. The maximum atomic E-state index is 2.69. The van der Waals surface area contributed by atoms with Crippen molar-refractivity contribution in [1.82, 2.24) is 0 Å². The van der Waals surface area contributed by atoms with Gasteiger partial charge in [0.2, 0.25) is 0 Å². The summed E-state index contributed by atoms with van der Waals surface area (Å²) in [5.74, 6) is 1.29. The smallest absolute Gasteiger partial charge is 1.00 e. The molecular weight excluding hydrogens is 826 g/mol. The van der Waals surface area contributed by atoms with E-state index < -0.39 is 20.0 Å². The second-order valence-electron chi connectivity index (χ2n) is 15.9. The van der Waals surface area contributed by atoms with Gasteiger partial charge in [-0.3, -0.25) is 0 Å². The molecule has 0 saturated carbocycles. The Balaban J connectivity index is 0.00000203. The Hall–Kier alpha value is -3.23. The number of hydrogen-bond acceptors (Lipinski definition) is 0. The van der Waals surface area contributed by atoms with E-state index in [2.05, 4.69) is 161 Å². The number of hydrogen-bond donors (Lipinski definition) is 0. The number of halogens is 2. The minimum absolute atomic E-state index is 0. The van der Waals surface area contributed by atoms with Gasteiger partial charge in [-0.2, -0.15) is 0 Å². The molecule has 0 bridgehead atoms. The van der Waals surface area contributed by atoms with Crippen LogP contribution in [0, 0.1) is 11.8 Å². The van der Waals surface area contributed by atoms with Crippen molar-refractivity contribution in [2.75, 3.05) is 0 Å². The van der Waals surface area contributed by atoms with Crippen LogP contribution in [0.4, 0.5) is 0 Å². The summed E-state index contributed by atoms with van der Waals surface area (Å²) in [5, 5.41) is 5.37. The molecule has 1 heterocycles. The molecule has 0 radical (unpaired) electrons. The van der Waals surface area contributed by atoms with Gasteiger partial charge < -0.3 is 24.8 Å². The number of rotatable bonds is 8. The van der Waals surface area contributed by atoms with Crippen LogP contribution in [-0.2, 0) is 20.0 Å². The molecule has 6 aromatic carbocycles. The van der Waals surface area contributed by atoms with Gasteiger partial charge in [-0.15, -0.1) is 0 Å². The number of allylic oxidation sites excluding steroid dienone is 2. The third kappa shape index (κ3) is 6.12. The van der Waals surface area contributed by atoms with Gasteiger partial charge in [0.15, 0.2) is 0 Å². The second kappa shape index (κ2) is 14.3. The maximum Gasteiger partial charge on any atom is -1.00 e. The summed E-state index contributed by atoms with van der Waals surface area (Å²) in [4.78, 5) is 0. The van der Waals surface area contributed by atoms with Gasteiger partial charge in [-0.05, 0) is 0 Å². The van der Waals surface area contributed by atoms with E-state index in [0.29, 0.717) is 19.2 Å². The normalized spacial score (nSPS) is 17.6. The fourth-order valence-corrected chi connectivity index (χ4v) is 37.7.